The Balaban J connectivity index is 2.43. The van der Waals surface area contributed by atoms with Gasteiger partial charge < -0.3 is 14.7 Å². The van der Waals surface area contributed by atoms with Crippen LogP contribution in [0.15, 0.2) is 12.3 Å². The van der Waals surface area contributed by atoms with Crippen molar-refractivity contribution >= 4 is 5.69 Å². The quantitative estimate of drug-likeness (QED) is 0.332. The van der Waals surface area contributed by atoms with Gasteiger partial charge in [0.05, 0.1) is 24.2 Å². The molecule has 1 aromatic rings. The summed E-state index contributed by atoms with van der Waals surface area (Å²) in [4.78, 5) is 10.3. The second-order valence-corrected chi connectivity index (χ2v) is 3.72. The molecule has 0 spiro atoms. The van der Waals surface area contributed by atoms with Crippen LogP contribution in [0.2, 0.25) is 0 Å². The summed E-state index contributed by atoms with van der Waals surface area (Å²) in [5, 5.41) is 22.4. The SMILES string of the molecule is Cc1c([N+](=O)[O-])cc[n+]([O-])c1C1OCCCO1. The van der Waals surface area contributed by atoms with Crippen LogP contribution in [0.4, 0.5) is 5.69 Å². The van der Waals surface area contributed by atoms with E-state index in [0.29, 0.717) is 17.9 Å². The van der Waals surface area contributed by atoms with E-state index in [1.54, 1.807) is 0 Å². The molecule has 7 nitrogen and oxygen atoms in total. The van der Waals surface area contributed by atoms with E-state index in [0.717, 1.165) is 12.6 Å². The number of pyridine rings is 1. The standard InChI is InChI=1S/C10H12N2O5/c1-7-8(12(14)15)3-4-11(13)9(7)10-16-5-2-6-17-10/h3-4,10H,2,5-6H2,1H3. The van der Waals surface area contributed by atoms with Crippen molar-refractivity contribution in [3.63, 3.8) is 0 Å². The van der Waals surface area contributed by atoms with Crippen LogP contribution in [0.25, 0.3) is 0 Å². The molecule has 92 valence electrons. The smallest absolute Gasteiger partial charge is 0.284 e. The average molecular weight is 240 g/mol. The Bertz CT molecular complexity index is 443. The van der Waals surface area contributed by atoms with Crippen LogP contribution in [0, 0.1) is 22.2 Å². The van der Waals surface area contributed by atoms with Crippen molar-refractivity contribution in [2.45, 2.75) is 19.6 Å². The number of ether oxygens (including phenoxy) is 2. The van der Waals surface area contributed by atoms with Gasteiger partial charge in [0.15, 0.2) is 6.20 Å². The molecule has 1 fully saturated rings. The Morgan fingerprint density at radius 2 is 2.12 bits per heavy atom. The second-order valence-electron chi connectivity index (χ2n) is 3.72. The lowest BCUT2D eigenvalue weighted by molar-refractivity contribution is -0.625. The largest absolute Gasteiger partial charge is 0.618 e. The molecule has 0 saturated carbocycles. The summed E-state index contributed by atoms with van der Waals surface area (Å²) in [6, 6.07) is 1.18. The first-order chi connectivity index (χ1) is 8.11. The van der Waals surface area contributed by atoms with Gasteiger partial charge in [-0.1, -0.05) is 0 Å². The van der Waals surface area contributed by atoms with E-state index < -0.39 is 11.2 Å². The van der Waals surface area contributed by atoms with E-state index in [9.17, 15) is 15.3 Å². The summed E-state index contributed by atoms with van der Waals surface area (Å²) in [5.74, 6) is 0. The average Bonchev–Trinajstić information content (AvgIpc) is 2.30. The van der Waals surface area contributed by atoms with Gasteiger partial charge in [0.2, 0.25) is 6.29 Å². The third-order valence-corrected chi connectivity index (χ3v) is 2.62. The highest BCUT2D eigenvalue weighted by molar-refractivity contribution is 5.39. The molecule has 1 aliphatic rings. The Morgan fingerprint density at radius 3 is 2.71 bits per heavy atom. The van der Waals surface area contributed by atoms with Crippen molar-refractivity contribution in [1.29, 1.82) is 0 Å². The van der Waals surface area contributed by atoms with Crippen LogP contribution < -0.4 is 4.73 Å². The van der Waals surface area contributed by atoms with Crippen LogP contribution in [0.3, 0.4) is 0 Å². The van der Waals surface area contributed by atoms with E-state index in [4.69, 9.17) is 9.47 Å². The number of nitro groups is 1. The molecule has 0 radical (unpaired) electrons. The third kappa shape index (κ3) is 2.20. The predicted molar refractivity (Wildman–Crippen MR) is 56.1 cm³/mol. The minimum Gasteiger partial charge on any atom is -0.618 e. The molecule has 0 amide bonds. The van der Waals surface area contributed by atoms with Gasteiger partial charge >= 0.3 is 0 Å². The van der Waals surface area contributed by atoms with Crippen LogP contribution in [0.5, 0.6) is 0 Å². The monoisotopic (exact) mass is 240 g/mol. The zero-order chi connectivity index (χ0) is 12.4. The molecule has 1 aromatic heterocycles. The fourth-order valence-corrected chi connectivity index (χ4v) is 1.76. The van der Waals surface area contributed by atoms with Gasteiger partial charge in [0, 0.05) is 0 Å². The molecule has 0 unspecified atom stereocenters. The number of nitrogens with zero attached hydrogens (tertiary/aromatic N) is 2. The van der Waals surface area contributed by atoms with Crippen molar-refractivity contribution in [2.24, 2.45) is 0 Å². The number of hydrogen-bond donors (Lipinski definition) is 0. The fourth-order valence-electron chi connectivity index (χ4n) is 1.76. The lowest BCUT2D eigenvalue weighted by Gasteiger charge is -2.22. The van der Waals surface area contributed by atoms with Crippen molar-refractivity contribution in [2.75, 3.05) is 13.2 Å². The summed E-state index contributed by atoms with van der Waals surface area (Å²) >= 11 is 0. The first-order valence-corrected chi connectivity index (χ1v) is 5.21. The number of aromatic nitrogens is 1. The molecular weight excluding hydrogens is 228 g/mol. The van der Waals surface area contributed by atoms with Gasteiger partial charge in [-0.05, 0) is 13.3 Å². The first-order valence-electron chi connectivity index (χ1n) is 5.21. The van der Waals surface area contributed by atoms with E-state index in [-0.39, 0.29) is 16.9 Å². The lowest BCUT2D eigenvalue weighted by Crippen LogP contribution is -2.37. The third-order valence-electron chi connectivity index (χ3n) is 2.62. The Labute approximate surface area is 97.3 Å². The lowest BCUT2D eigenvalue weighted by atomic mass is 10.1. The second kappa shape index (κ2) is 4.64. The van der Waals surface area contributed by atoms with Crippen LogP contribution in [0.1, 0.15) is 24.0 Å². The molecule has 2 heterocycles. The van der Waals surface area contributed by atoms with Crippen molar-refractivity contribution in [3.05, 3.63) is 38.8 Å². The van der Waals surface area contributed by atoms with Gasteiger partial charge in [-0.2, -0.15) is 4.73 Å². The van der Waals surface area contributed by atoms with Crippen molar-refractivity contribution in [3.8, 4) is 0 Å². The summed E-state index contributed by atoms with van der Waals surface area (Å²) in [6.07, 6.45) is 1.03. The highest BCUT2D eigenvalue weighted by Crippen LogP contribution is 2.27. The highest BCUT2D eigenvalue weighted by Gasteiger charge is 2.31. The van der Waals surface area contributed by atoms with Gasteiger partial charge in [-0.3, -0.25) is 10.1 Å². The zero-order valence-electron chi connectivity index (χ0n) is 9.29. The topological polar surface area (TPSA) is 88.5 Å². The highest BCUT2D eigenvalue weighted by atomic mass is 16.7. The van der Waals surface area contributed by atoms with Crippen LogP contribution in [-0.2, 0) is 9.47 Å². The molecule has 0 bridgehead atoms. The molecule has 2 rings (SSSR count). The minimum atomic E-state index is -0.818. The molecule has 17 heavy (non-hydrogen) atoms. The van der Waals surface area contributed by atoms with Crippen LogP contribution in [-0.4, -0.2) is 18.1 Å². The van der Waals surface area contributed by atoms with E-state index in [1.807, 2.05) is 0 Å². The van der Waals surface area contributed by atoms with Gasteiger partial charge in [0.1, 0.15) is 5.56 Å². The van der Waals surface area contributed by atoms with Gasteiger partial charge in [-0.25, -0.2) is 0 Å². The zero-order valence-corrected chi connectivity index (χ0v) is 9.29. The van der Waals surface area contributed by atoms with Gasteiger partial charge in [-0.15, -0.1) is 0 Å². The van der Waals surface area contributed by atoms with E-state index >= 15 is 0 Å². The molecule has 7 heteroatoms. The van der Waals surface area contributed by atoms with Crippen molar-refractivity contribution < 1.29 is 19.1 Å². The fraction of sp³-hybridized carbons (Fsp3) is 0.500. The Morgan fingerprint density at radius 1 is 1.47 bits per heavy atom. The molecule has 0 N–H and O–H groups in total. The van der Waals surface area contributed by atoms with Crippen LogP contribution >= 0.6 is 0 Å². The number of rotatable bonds is 2. The molecule has 0 aromatic carbocycles. The predicted octanol–water partition coefficient (Wildman–Crippen LogP) is 0.972. The Hall–Kier alpha value is -1.73. The molecule has 1 aliphatic heterocycles. The molecule has 0 aliphatic carbocycles. The number of hydrogen-bond acceptors (Lipinski definition) is 5. The Kier molecular flexibility index (Phi) is 3.21. The van der Waals surface area contributed by atoms with Gasteiger partial charge in [0.25, 0.3) is 11.4 Å². The molecule has 0 atom stereocenters. The van der Waals surface area contributed by atoms with E-state index in [1.165, 1.54) is 13.0 Å². The summed E-state index contributed by atoms with van der Waals surface area (Å²) < 4.78 is 11.1. The normalized spacial score (nSPS) is 17.0. The maximum Gasteiger partial charge on any atom is 0.284 e. The maximum absolute atomic E-state index is 11.6. The summed E-state index contributed by atoms with van der Waals surface area (Å²) in [6.45, 7) is 2.47. The van der Waals surface area contributed by atoms with E-state index in [2.05, 4.69) is 0 Å². The maximum atomic E-state index is 11.6. The molecule has 1 saturated heterocycles. The summed E-state index contributed by atoms with van der Waals surface area (Å²) in [7, 11) is 0. The molecular formula is C10H12N2O5. The minimum absolute atomic E-state index is 0.107. The summed E-state index contributed by atoms with van der Waals surface area (Å²) in [5.41, 5.74) is 0.322. The first kappa shape index (κ1) is 11.7. The van der Waals surface area contributed by atoms with Crippen molar-refractivity contribution in [1.82, 2.24) is 0 Å².